The molecule has 0 radical (unpaired) electrons. The molecular weight excluding hydrogens is 232 g/mol. The molecule has 96 valence electrons. The monoisotopic (exact) mass is 248 g/mol. The lowest BCUT2D eigenvalue weighted by Gasteiger charge is -2.34. The number of pyridine rings is 1. The van der Waals surface area contributed by atoms with Crippen molar-refractivity contribution in [2.75, 3.05) is 11.4 Å². The fourth-order valence-electron chi connectivity index (χ4n) is 2.05. The Bertz CT molecular complexity index is 501. The van der Waals surface area contributed by atoms with Gasteiger partial charge in [0.15, 0.2) is 0 Å². The maximum atomic E-state index is 11.6. The van der Waals surface area contributed by atoms with Gasteiger partial charge in [0.25, 0.3) is 0 Å². The van der Waals surface area contributed by atoms with E-state index in [0.717, 1.165) is 11.1 Å². The number of aromatic nitrogens is 1. The Morgan fingerprint density at radius 3 is 2.94 bits per heavy atom. The van der Waals surface area contributed by atoms with Gasteiger partial charge in [-0.1, -0.05) is 0 Å². The molecule has 2 rings (SSSR count). The molecule has 1 atom stereocenters. The van der Waals surface area contributed by atoms with Gasteiger partial charge in [-0.3, -0.25) is 14.9 Å². The fourth-order valence-corrected chi connectivity index (χ4v) is 2.05. The van der Waals surface area contributed by atoms with Crippen LogP contribution in [0.1, 0.15) is 18.1 Å². The highest BCUT2D eigenvalue weighted by Crippen LogP contribution is 2.23. The quantitative estimate of drug-likeness (QED) is 0.701. The number of nitrogens with zero attached hydrogens (tertiary/aromatic N) is 2. The molecule has 2 heterocycles. The highest BCUT2D eigenvalue weighted by Gasteiger charge is 2.32. The predicted octanol–water partition coefficient (Wildman–Crippen LogP) is -0.300. The molecule has 0 aromatic carbocycles. The molecule has 1 aromatic heterocycles. The number of carbonyl (C=O) groups is 2. The summed E-state index contributed by atoms with van der Waals surface area (Å²) in [6.45, 7) is 4.13. The van der Waals surface area contributed by atoms with Crippen molar-refractivity contribution < 1.29 is 9.59 Å². The number of nitrogens with one attached hydrogen (secondary N) is 1. The smallest absolute Gasteiger partial charge is 0.249 e. The molecular formula is C12H16N4O2. The van der Waals surface area contributed by atoms with Crippen molar-refractivity contribution >= 4 is 17.6 Å². The van der Waals surface area contributed by atoms with Crippen LogP contribution in [0.4, 0.5) is 5.82 Å². The number of rotatable bonds is 2. The molecule has 1 aliphatic rings. The molecule has 0 bridgehead atoms. The first-order chi connectivity index (χ1) is 8.54. The van der Waals surface area contributed by atoms with Crippen LogP contribution in [0.2, 0.25) is 0 Å². The van der Waals surface area contributed by atoms with Crippen LogP contribution >= 0.6 is 0 Å². The van der Waals surface area contributed by atoms with E-state index in [2.05, 4.69) is 10.3 Å². The van der Waals surface area contributed by atoms with Gasteiger partial charge in [-0.2, -0.15) is 0 Å². The van der Waals surface area contributed by atoms with Crippen molar-refractivity contribution in [3.05, 3.63) is 23.4 Å². The molecule has 1 aromatic rings. The normalized spacial score (nSPS) is 19.9. The molecule has 1 fully saturated rings. The minimum atomic E-state index is -0.428. The van der Waals surface area contributed by atoms with Crippen LogP contribution in [0.25, 0.3) is 0 Å². The summed E-state index contributed by atoms with van der Waals surface area (Å²) < 4.78 is 0. The second-order valence-electron chi connectivity index (χ2n) is 4.35. The molecule has 1 saturated heterocycles. The number of hydrogen-bond donors (Lipinski definition) is 2. The summed E-state index contributed by atoms with van der Waals surface area (Å²) in [6, 6.07) is 1.43. The Hall–Kier alpha value is -1.95. The topological polar surface area (TPSA) is 88.3 Å². The van der Waals surface area contributed by atoms with Crippen molar-refractivity contribution in [1.82, 2.24) is 10.3 Å². The summed E-state index contributed by atoms with van der Waals surface area (Å²) >= 11 is 0. The van der Waals surface area contributed by atoms with Crippen LogP contribution in [-0.4, -0.2) is 29.4 Å². The third-order valence-electron chi connectivity index (χ3n) is 3.17. The molecule has 2 amide bonds. The van der Waals surface area contributed by atoms with E-state index in [0.29, 0.717) is 12.4 Å². The Morgan fingerprint density at radius 1 is 1.56 bits per heavy atom. The molecule has 0 saturated carbocycles. The summed E-state index contributed by atoms with van der Waals surface area (Å²) in [4.78, 5) is 29.1. The predicted molar refractivity (Wildman–Crippen MR) is 66.8 cm³/mol. The number of carbonyl (C=O) groups excluding carboxylic acids is 2. The van der Waals surface area contributed by atoms with E-state index in [1.165, 1.54) is 0 Å². The lowest BCUT2D eigenvalue weighted by Crippen LogP contribution is -2.57. The standard InChI is InChI=1S/C12H16N4O2/c1-7-3-4-14-11(9(7)5-13)16-6-10(17)15-12(18)8(16)2/h3-4,8H,5-6,13H2,1-2H3,(H,15,17,18). The van der Waals surface area contributed by atoms with Gasteiger partial charge in [0.05, 0.1) is 6.54 Å². The Kier molecular flexibility index (Phi) is 3.29. The molecule has 3 N–H and O–H groups in total. The lowest BCUT2D eigenvalue weighted by atomic mass is 10.1. The minimum Gasteiger partial charge on any atom is -0.335 e. The highest BCUT2D eigenvalue weighted by molar-refractivity contribution is 6.04. The zero-order chi connectivity index (χ0) is 13.3. The van der Waals surface area contributed by atoms with E-state index in [1.54, 1.807) is 18.0 Å². The van der Waals surface area contributed by atoms with Gasteiger partial charge in [-0.05, 0) is 25.5 Å². The maximum absolute atomic E-state index is 11.6. The van der Waals surface area contributed by atoms with Crippen molar-refractivity contribution in [1.29, 1.82) is 0 Å². The van der Waals surface area contributed by atoms with Crippen LogP contribution in [0.3, 0.4) is 0 Å². The first-order valence-electron chi connectivity index (χ1n) is 5.79. The molecule has 0 spiro atoms. The number of hydrogen-bond acceptors (Lipinski definition) is 5. The highest BCUT2D eigenvalue weighted by atomic mass is 16.2. The number of nitrogens with two attached hydrogens (primary N) is 1. The second-order valence-corrected chi connectivity index (χ2v) is 4.35. The van der Waals surface area contributed by atoms with Gasteiger partial charge in [0.1, 0.15) is 11.9 Å². The molecule has 1 unspecified atom stereocenters. The Morgan fingerprint density at radius 2 is 2.28 bits per heavy atom. The average molecular weight is 248 g/mol. The van der Waals surface area contributed by atoms with Gasteiger partial charge in [-0.25, -0.2) is 4.98 Å². The molecule has 6 heteroatoms. The van der Waals surface area contributed by atoms with Crippen LogP contribution < -0.4 is 16.0 Å². The maximum Gasteiger partial charge on any atom is 0.249 e. The fraction of sp³-hybridized carbons (Fsp3) is 0.417. The number of aryl methyl sites for hydroxylation is 1. The SMILES string of the molecule is Cc1ccnc(N2CC(=O)NC(=O)C2C)c1CN. The number of piperazine rings is 1. The van der Waals surface area contributed by atoms with E-state index >= 15 is 0 Å². The van der Waals surface area contributed by atoms with E-state index in [4.69, 9.17) is 5.73 Å². The third kappa shape index (κ3) is 2.06. The molecule has 0 aliphatic carbocycles. The van der Waals surface area contributed by atoms with E-state index < -0.39 is 6.04 Å². The summed E-state index contributed by atoms with van der Waals surface area (Å²) in [6.07, 6.45) is 1.66. The van der Waals surface area contributed by atoms with Crippen LogP contribution in [0.15, 0.2) is 12.3 Å². The molecule has 18 heavy (non-hydrogen) atoms. The lowest BCUT2D eigenvalue weighted by molar-refractivity contribution is -0.132. The first-order valence-corrected chi connectivity index (χ1v) is 5.79. The summed E-state index contributed by atoms with van der Waals surface area (Å²) in [5, 5.41) is 2.30. The summed E-state index contributed by atoms with van der Waals surface area (Å²) in [5.41, 5.74) is 7.60. The van der Waals surface area contributed by atoms with Gasteiger partial charge in [0.2, 0.25) is 11.8 Å². The van der Waals surface area contributed by atoms with Crippen molar-refractivity contribution in [3.8, 4) is 0 Å². The van der Waals surface area contributed by atoms with Crippen LogP contribution in [0, 0.1) is 6.92 Å². The minimum absolute atomic E-state index is 0.121. The third-order valence-corrected chi connectivity index (χ3v) is 3.17. The van der Waals surface area contributed by atoms with E-state index in [1.807, 2.05) is 13.0 Å². The largest absolute Gasteiger partial charge is 0.335 e. The van der Waals surface area contributed by atoms with Crippen molar-refractivity contribution in [3.63, 3.8) is 0 Å². The number of anilines is 1. The van der Waals surface area contributed by atoms with Crippen molar-refractivity contribution in [2.45, 2.75) is 26.4 Å². The summed E-state index contributed by atoms with van der Waals surface area (Å²) in [7, 11) is 0. The van der Waals surface area contributed by atoms with Crippen LogP contribution in [-0.2, 0) is 16.1 Å². The van der Waals surface area contributed by atoms with Gasteiger partial charge >= 0.3 is 0 Å². The first kappa shape index (κ1) is 12.5. The van der Waals surface area contributed by atoms with Gasteiger partial charge < -0.3 is 10.6 Å². The Labute approximate surface area is 105 Å². The Balaban J connectivity index is 2.44. The van der Waals surface area contributed by atoms with Gasteiger partial charge in [0, 0.05) is 18.3 Å². The van der Waals surface area contributed by atoms with E-state index in [-0.39, 0.29) is 18.4 Å². The average Bonchev–Trinajstić information content (AvgIpc) is 2.33. The van der Waals surface area contributed by atoms with E-state index in [9.17, 15) is 9.59 Å². The molecule has 6 nitrogen and oxygen atoms in total. The van der Waals surface area contributed by atoms with Crippen LogP contribution in [0.5, 0.6) is 0 Å². The summed E-state index contributed by atoms with van der Waals surface area (Å²) in [5.74, 6) is -0.00453. The zero-order valence-corrected chi connectivity index (χ0v) is 10.4. The number of amides is 2. The van der Waals surface area contributed by atoms with Gasteiger partial charge in [-0.15, -0.1) is 0 Å². The second kappa shape index (κ2) is 4.73. The zero-order valence-electron chi connectivity index (χ0n) is 10.4. The number of imide groups is 1. The van der Waals surface area contributed by atoms with Crippen molar-refractivity contribution in [2.24, 2.45) is 5.73 Å². The molecule has 1 aliphatic heterocycles.